The molecule has 0 N–H and O–H groups in total. The van der Waals surface area contributed by atoms with E-state index in [0.29, 0.717) is 37.3 Å². The van der Waals surface area contributed by atoms with Gasteiger partial charge in [0.25, 0.3) is 11.8 Å². The van der Waals surface area contributed by atoms with Crippen molar-refractivity contribution in [1.82, 2.24) is 9.80 Å². The first-order valence-electron chi connectivity index (χ1n) is 8.87. The Morgan fingerprint density at radius 3 is 2.26 bits per heavy atom. The van der Waals surface area contributed by atoms with Gasteiger partial charge in [-0.25, -0.2) is 0 Å². The van der Waals surface area contributed by atoms with E-state index in [2.05, 4.69) is 4.74 Å². The van der Waals surface area contributed by atoms with Crippen LogP contribution in [0, 0.1) is 0 Å². The first-order chi connectivity index (χ1) is 13.0. The first-order valence-corrected chi connectivity index (χ1v) is 8.87. The van der Waals surface area contributed by atoms with Crippen LogP contribution in [0.4, 0.5) is 0 Å². The van der Waals surface area contributed by atoms with Crippen molar-refractivity contribution in [1.29, 1.82) is 0 Å². The average molecular weight is 376 g/mol. The second kappa shape index (κ2) is 9.82. The molecule has 27 heavy (non-hydrogen) atoms. The smallest absolute Gasteiger partial charge is 0.307 e. The van der Waals surface area contributed by atoms with Crippen LogP contribution in [0.1, 0.15) is 40.5 Å². The molecule has 1 heterocycles. The molecule has 0 spiro atoms. The standard InChI is InChI=1S/C19H24N2O6/c1-3-27-12-6-10-20(11-9-17(23)26-2)16(22)13-21-18(24)14-7-4-5-8-15(14)19(21)25/h4-5,7-8H,3,6,9-13H2,1-2H3. The summed E-state index contributed by atoms with van der Waals surface area (Å²) in [5.41, 5.74) is 0.598. The van der Waals surface area contributed by atoms with Crippen molar-refractivity contribution in [3.63, 3.8) is 0 Å². The Morgan fingerprint density at radius 2 is 1.70 bits per heavy atom. The van der Waals surface area contributed by atoms with Crippen LogP contribution < -0.4 is 0 Å². The number of hydrogen-bond donors (Lipinski definition) is 0. The van der Waals surface area contributed by atoms with E-state index in [1.165, 1.54) is 12.0 Å². The van der Waals surface area contributed by atoms with Gasteiger partial charge in [0, 0.05) is 26.3 Å². The minimum absolute atomic E-state index is 0.0407. The lowest BCUT2D eigenvalue weighted by Gasteiger charge is -2.24. The summed E-state index contributed by atoms with van der Waals surface area (Å²) in [5.74, 6) is -1.79. The number of esters is 1. The number of imide groups is 1. The van der Waals surface area contributed by atoms with Gasteiger partial charge in [-0.2, -0.15) is 0 Å². The molecule has 0 fully saturated rings. The monoisotopic (exact) mass is 376 g/mol. The largest absolute Gasteiger partial charge is 0.469 e. The predicted octanol–water partition coefficient (Wildman–Crippen LogP) is 1.10. The lowest BCUT2D eigenvalue weighted by atomic mass is 10.1. The number of hydrogen-bond acceptors (Lipinski definition) is 6. The van der Waals surface area contributed by atoms with E-state index >= 15 is 0 Å². The Hall–Kier alpha value is -2.74. The number of amides is 3. The predicted molar refractivity (Wildman–Crippen MR) is 96.1 cm³/mol. The van der Waals surface area contributed by atoms with Gasteiger partial charge in [0.2, 0.25) is 5.91 Å². The highest BCUT2D eigenvalue weighted by Gasteiger charge is 2.37. The molecule has 1 aliphatic heterocycles. The summed E-state index contributed by atoms with van der Waals surface area (Å²) < 4.78 is 9.89. The van der Waals surface area contributed by atoms with Crippen LogP contribution in [0.2, 0.25) is 0 Å². The van der Waals surface area contributed by atoms with E-state index < -0.39 is 23.7 Å². The fourth-order valence-electron chi connectivity index (χ4n) is 2.81. The van der Waals surface area contributed by atoms with E-state index in [9.17, 15) is 19.2 Å². The molecule has 1 aromatic carbocycles. The lowest BCUT2D eigenvalue weighted by molar-refractivity contribution is -0.141. The van der Waals surface area contributed by atoms with Gasteiger partial charge < -0.3 is 14.4 Å². The number of ether oxygens (including phenoxy) is 2. The maximum absolute atomic E-state index is 12.7. The van der Waals surface area contributed by atoms with E-state index in [4.69, 9.17) is 4.74 Å². The summed E-state index contributed by atoms with van der Waals surface area (Å²) in [4.78, 5) is 51.3. The number of carbonyl (C=O) groups is 4. The molecule has 0 aromatic heterocycles. The minimum Gasteiger partial charge on any atom is -0.469 e. The lowest BCUT2D eigenvalue weighted by Crippen LogP contribution is -2.44. The molecule has 0 aliphatic carbocycles. The number of benzene rings is 1. The minimum atomic E-state index is -0.480. The summed E-state index contributed by atoms with van der Waals surface area (Å²) in [6.45, 7) is 3.08. The van der Waals surface area contributed by atoms with Crippen LogP contribution in [-0.2, 0) is 19.1 Å². The Morgan fingerprint density at radius 1 is 1.07 bits per heavy atom. The number of carbonyl (C=O) groups excluding carboxylic acids is 4. The zero-order chi connectivity index (χ0) is 19.8. The zero-order valence-corrected chi connectivity index (χ0v) is 15.6. The van der Waals surface area contributed by atoms with Crippen LogP contribution in [0.3, 0.4) is 0 Å². The first kappa shape index (κ1) is 20.6. The number of rotatable bonds is 10. The molecule has 8 heteroatoms. The van der Waals surface area contributed by atoms with Crippen molar-refractivity contribution in [3.8, 4) is 0 Å². The Bertz CT molecular complexity index is 683. The molecule has 0 unspecified atom stereocenters. The van der Waals surface area contributed by atoms with Gasteiger partial charge in [-0.3, -0.25) is 24.1 Å². The second-order valence-corrected chi connectivity index (χ2v) is 6.00. The molecule has 3 amide bonds. The van der Waals surface area contributed by atoms with Gasteiger partial charge in [0.05, 0.1) is 24.7 Å². The zero-order valence-electron chi connectivity index (χ0n) is 15.6. The fourth-order valence-corrected chi connectivity index (χ4v) is 2.81. The maximum atomic E-state index is 12.7. The third kappa shape index (κ3) is 5.13. The molecule has 2 rings (SSSR count). The van der Waals surface area contributed by atoms with E-state index in [1.807, 2.05) is 6.92 Å². The van der Waals surface area contributed by atoms with Crippen molar-refractivity contribution in [2.45, 2.75) is 19.8 Å². The Balaban J connectivity index is 2.02. The molecule has 0 saturated heterocycles. The third-order valence-electron chi connectivity index (χ3n) is 4.26. The van der Waals surface area contributed by atoms with Crippen LogP contribution in [-0.4, -0.2) is 73.4 Å². The molecule has 1 aromatic rings. The normalized spacial score (nSPS) is 12.9. The van der Waals surface area contributed by atoms with Gasteiger partial charge in [0.15, 0.2) is 0 Å². The quantitative estimate of drug-likeness (QED) is 0.345. The number of fused-ring (bicyclic) bond motifs is 1. The Labute approximate surface area is 158 Å². The van der Waals surface area contributed by atoms with Crippen molar-refractivity contribution in [3.05, 3.63) is 35.4 Å². The van der Waals surface area contributed by atoms with E-state index in [0.717, 1.165) is 4.90 Å². The summed E-state index contributed by atoms with van der Waals surface area (Å²) in [6.07, 6.45) is 0.627. The van der Waals surface area contributed by atoms with Crippen LogP contribution >= 0.6 is 0 Å². The van der Waals surface area contributed by atoms with Crippen molar-refractivity contribution >= 4 is 23.7 Å². The van der Waals surface area contributed by atoms with Gasteiger partial charge in [0.1, 0.15) is 6.54 Å². The number of methoxy groups -OCH3 is 1. The SMILES string of the molecule is CCOCCCN(CCC(=O)OC)C(=O)CN1C(=O)c2ccccc2C1=O. The molecule has 8 nitrogen and oxygen atoms in total. The number of nitrogens with zero attached hydrogens (tertiary/aromatic N) is 2. The van der Waals surface area contributed by atoms with E-state index in [-0.39, 0.29) is 19.5 Å². The van der Waals surface area contributed by atoms with Crippen molar-refractivity contribution in [2.24, 2.45) is 0 Å². The third-order valence-corrected chi connectivity index (χ3v) is 4.26. The highest BCUT2D eigenvalue weighted by molar-refractivity contribution is 6.22. The second-order valence-electron chi connectivity index (χ2n) is 6.00. The van der Waals surface area contributed by atoms with Crippen molar-refractivity contribution in [2.75, 3.05) is 40.0 Å². The summed E-state index contributed by atoms with van der Waals surface area (Å²) in [7, 11) is 1.28. The summed E-state index contributed by atoms with van der Waals surface area (Å²) >= 11 is 0. The molecule has 1 aliphatic rings. The molecular weight excluding hydrogens is 352 g/mol. The fraction of sp³-hybridized carbons (Fsp3) is 0.474. The summed E-state index contributed by atoms with van der Waals surface area (Å²) in [6, 6.07) is 6.48. The maximum Gasteiger partial charge on any atom is 0.307 e. The van der Waals surface area contributed by atoms with Crippen molar-refractivity contribution < 1.29 is 28.7 Å². The van der Waals surface area contributed by atoms with Gasteiger partial charge in [-0.1, -0.05) is 12.1 Å². The van der Waals surface area contributed by atoms with Crippen LogP contribution in [0.5, 0.6) is 0 Å². The summed E-state index contributed by atoms with van der Waals surface area (Å²) in [5, 5.41) is 0. The highest BCUT2D eigenvalue weighted by Crippen LogP contribution is 2.22. The van der Waals surface area contributed by atoms with Crippen LogP contribution in [0.25, 0.3) is 0 Å². The Kier molecular flexibility index (Phi) is 7.48. The van der Waals surface area contributed by atoms with Gasteiger partial charge in [-0.05, 0) is 25.5 Å². The molecule has 0 saturated carbocycles. The molecule has 146 valence electrons. The van der Waals surface area contributed by atoms with E-state index in [1.54, 1.807) is 24.3 Å². The highest BCUT2D eigenvalue weighted by atomic mass is 16.5. The van der Waals surface area contributed by atoms with Gasteiger partial charge >= 0.3 is 5.97 Å². The molecule has 0 radical (unpaired) electrons. The van der Waals surface area contributed by atoms with Crippen LogP contribution in [0.15, 0.2) is 24.3 Å². The van der Waals surface area contributed by atoms with Gasteiger partial charge in [-0.15, -0.1) is 0 Å². The molecule has 0 bridgehead atoms. The topological polar surface area (TPSA) is 93.2 Å². The molecular formula is C19H24N2O6. The average Bonchev–Trinajstić information content (AvgIpc) is 2.92. The molecule has 0 atom stereocenters.